The fourth-order valence-electron chi connectivity index (χ4n) is 1.36. The lowest BCUT2D eigenvalue weighted by molar-refractivity contribution is 0.601. The van der Waals surface area contributed by atoms with Crippen molar-refractivity contribution in [3.8, 4) is 0 Å². The summed E-state index contributed by atoms with van der Waals surface area (Å²) < 4.78 is 0. The van der Waals surface area contributed by atoms with Gasteiger partial charge >= 0.3 is 0 Å². The summed E-state index contributed by atoms with van der Waals surface area (Å²) in [6, 6.07) is 8.44. The Morgan fingerprint density at radius 2 is 2.00 bits per heavy atom. The van der Waals surface area contributed by atoms with Gasteiger partial charge in [-0.05, 0) is 30.4 Å². The Bertz CT molecular complexity index is 273. The molecule has 1 aromatic rings. The Morgan fingerprint density at radius 1 is 1.33 bits per heavy atom. The fourth-order valence-corrected chi connectivity index (χ4v) is 2.04. The van der Waals surface area contributed by atoms with Crippen LogP contribution in [0.4, 0.5) is 0 Å². The van der Waals surface area contributed by atoms with Crippen LogP contribution in [0.15, 0.2) is 24.3 Å². The van der Waals surface area contributed by atoms with Crippen LogP contribution in [-0.4, -0.2) is 18.1 Å². The fraction of sp³-hybridized carbons (Fsp3) is 0.500. The second kappa shape index (κ2) is 7.15. The first-order chi connectivity index (χ1) is 7.24. The molecule has 0 aliphatic carbocycles. The Balaban J connectivity index is 2.33. The van der Waals surface area contributed by atoms with E-state index in [0.29, 0.717) is 6.04 Å². The molecule has 0 bridgehead atoms. The van der Waals surface area contributed by atoms with E-state index in [1.165, 1.54) is 17.1 Å². The van der Waals surface area contributed by atoms with Crippen LogP contribution in [0.3, 0.4) is 0 Å². The van der Waals surface area contributed by atoms with Gasteiger partial charge in [-0.3, -0.25) is 0 Å². The lowest BCUT2D eigenvalue weighted by Crippen LogP contribution is -2.21. The van der Waals surface area contributed by atoms with Crippen molar-refractivity contribution in [3.63, 3.8) is 0 Å². The summed E-state index contributed by atoms with van der Waals surface area (Å²) >= 11 is 7.80. The van der Waals surface area contributed by atoms with Crippen molar-refractivity contribution in [2.45, 2.75) is 19.9 Å². The molecule has 0 aromatic heterocycles. The molecule has 0 unspecified atom stereocenters. The molecule has 15 heavy (non-hydrogen) atoms. The molecule has 1 N–H and O–H groups in total. The van der Waals surface area contributed by atoms with E-state index in [2.05, 4.69) is 31.3 Å². The highest BCUT2D eigenvalue weighted by Gasteiger charge is 2.03. The lowest BCUT2D eigenvalue weighted by atomic mass is 10.1. The van der Waals surface area contributed by atoms with Crippen molar-refractivity contribution in [2.24, 2.45) is 0 Å². The van der Waals surface area contributed by atoms with Crippen molar-refractivity contribution in [3.05, 3.63) is 34.9 Å². The van der Waals surface area contributed by atoms with E-state index in [4.69, 9.17) is 11.6 Å². The average molecular weight is 244 g/mol. The zero-order chi connectivity index (χ0) is 11.1. The van der Waals surface area contributed by atoms with Crippen LogP contribution < -0.4 is 5.32 Å². The van der Waals surface area contributed by atoms with Gasteiger partial charge in [0.1, 0.15) is 0 Å². The number of nitrogens with one attached hydrogen (secondary N) is 1. The van der Waals surface area contributed by atoms with Crippen LogP contribution in [0.5, 0.6) is 0 Å². The summed E-state index contributed by atoms with van der Waals surface area (Å²) in [5.41, 5.74) is 1.29. The van der Waals surface area contributed by atoms with Crippen LogP contribution in [0.1, 0.15) is 25.5 Å². The molecule has 0 spiro atoms. The predicted octanol–water partition coefficient (Wildman–Crippen LogP) is 3.74. The first-order valence-corrected chi connectivity index (χ1v) is 6.84. The monoisotopic (exact) mass is 243 g/mol. The van der Waals surface area contributed by atoms with E-state index < -0.39 is 0 Å². The van der Waals surface area contributed by atoms with Gasteiger partial charge in [-0.25, -0.2) is 0 Å². The second-order valence-corrected chi connectivity index (χ2v) is 5.25. The summed E-state index contributed by atoms with van der Waals surface area (Å²) in [7, 11) is 0. The minimum Gasteiger partial charge on any atom is -0.309 e. The van der Waals surface area contributed by atoms with Gasteiger partial charge in [0.15, 0.2) is 0 Å². The molecule has 0 aliphatic heterocycles. The zero-order valence-corrected chi connectivity index (χ0v) is 10.9. The third-order valence-electron chi connectivity index (χ3n) is 2.27. The van der Waals surface area contributed by atoms with E-state index in [-0.39, 0.29) is 0 Å². The summed E-state index contributed by atoms with van der Waals surface area (Å²) in [6.07, 6.45) is 0. The zero-order valence-electron chi connectivity index (χ0n) is 9.29. The van der Waals surface area contributed by atoms with Gasteiger partial charge < -0.3 is 5.32 Å². The maximum Gasteiger partial charge on any atom is 0.0406 e. The van der Waals surface area contributed by atoms with Crippen molar-refractivity contribution in [1.29, 1.82) is 0 Å². The van der Waals surface area contributed by atoms with E-state index >= 15 is 0 Å². The highest BCUT2D eigenvalue weighted by molar-refractivity contribution is 7.99. The maximum absolute atomic E-state index is 5.84. The number of rotatable bonds is 6. The number of hydrogen-bond acceptors (Lipinski definition) is 2. The molecule has 1 nitrogen and oxygen atoms in total. The van der Waals surface area contributed by atoms with Crippen LogP contribution >= 0.6 is 23.4 Å². The van der Waals surface area contributed by atoms with Crippen molar-refractivity contribution < 1.29 is 0 Å². The van der Waals surface area contributed by atoms with Crippen molar-refractivity contribution >= 4 is 23.4 Å². The summed E-state index contributed by atoms with van der Waals surface area (Å²) in [5, 5.41) is 4.29. The normalized spacial score (nSPS) is 12.7. The van der Waals surface area contributed by atoms with Gasteiger partial charge in [-0.1, -0.05) is 30.7 Å². The molecule has 0 fully saturated rings. The smallest absolute Gasteiger partial charge is 0.0406 e. The first kappa shape index (κ1) is 12.9. The topological polar surface area (TPSA) is 12.0 Å². The minimum absolute atomic E-state index is 0.403. The minimum atomic E-state index is 0.403. The lowest BCUT2D eigenvalue weighted by Gasteiger charge is -2.13. The maximum atomic E-state index is 5.84. The van der Waals surface area contributed by atoms with E-state index in [1.807, 2.05) is 23.9 Å². The molecule has 1 atom stereocenters. The standard InChI is InChI=1S/C12H18ClNS/c1-3-15-9-8-14-10(2)11-4-6-12(13)7-5-11/h4-7,10,14H,3,8-9H2,1-2H3/t10-/m1/s1. The Hall–Kier alpha value is -0.180. The SMILES string of the molecule is CCSCCN[C@H](C)c1ccc(Cl)cc1. The quantitative estimate of drug-likeness (QED) is 0.764. The molecule has 0 heterocycles. The number of benzene rings is 1. The van der Waals surface area contributed by atoms with Gasteiger partial charge in [0, 0.05) is 23.4 Å². The first-order valence-electron chi connectivity index (χ1n) is 5.30. The van der Waals surface area contributed by atoms with Crippen LogP contribution in [0.25, 0.3) is 0 Å². The summed E-state index contributed by atoms with van der Waals surface area (Å²) in [5.74, 6) is 2.37. The van der Waals surface area contributed by atoms with Crippen LogP contribution in [0.2, 0.25) is 5.02 Å². The third-order valence-corrected chi connectivity index (χ3v) is 3.42. The summed E-state index contributed by atoms with van der Waals surface area (Å²) in [4.78, 5) is 0. The molecule has 0 aliphatic rings. The number of halogens is 1. The highest BCUT2D eigenvalue weighted by atomic mass is 35.5. The Kier molecular flexibility index (Phi) is 6.15. The predicted molar refractivity (Wildman–Crippen MR) is 70.9 cm³/mol. The number of thioether (sulfide) groups is 1. The van der Waals surface area contributed by atoms with E-state index in [1.54, 1.807) is 0 Å². The Labute approximate surface area is 102 Å². The molecule has 0 saturated heterocycles. The second-order valence-electron chi connectivity index (χ2n) is 3.42. The molecule has 84 valence electrons. The van der Waals surface area contributed by atoms with Crippen molar-refractivity contribution in [2.75, 3.05) is 18.1 Å². The molecular weight excluding hydrogens is 226 g/mol. The van der Waals surface area contributed by atoms with Crippen molar-refractivity contribution in [1.82, 2.24) is 5.32 Å². The average Bonchev–Trinajstić information content (AvgIpc) is 2.25. The van der Waals surface area contributed by atoms with Gasteiger partial charge in [0.05, 0.1) is 0 Å². The van der Waals surface area contributed by atoms with Crippen LogP contribution in [-0.2, 0) is 0 Å². The molecule has 0 saturated carbocycles. The molecule has 1 rings (SSSR count). The molecular formula is C12H18ClNS. The van der Waals surface area contributed by atoms with E-state index in [9.17, 15) is 0 Å². The van der Waals surface area contributed by atoms with Gasteiger partial charge in [0.25, 0.3) is 0 Å². The molecule has 0 amide bonds. The molecule has 3 heteroatoms. The van der Waals surface area contributed by atoms with Crippen LogP contribution in [0, 0.1) is 0 Å². The van der Waals surface area contributed by atoms with E-state index in [0.717, 1.165) is 11.6 Å². The third kappa shape index (κ3) is 4.92. The largest absolute Gasteiger partial charge is 0.309 e. The molecule has 0 radical (unpaired) electrons. The van der Waals surface area contributed by atoms with Gasteiger partial charge in [-0.15, -0.1) is 0 Å². The summed E-state index contributed by atoms with van der Waals surface area (Å²) in [6.45, 7) is 5.43. The highest BCUT2D eigenvalue weighted by Crippen LogP contribution is 2.15. The van der Waals surface area contributed by atoms with Gasteiger partial charge in [-0.2, -0.15) is 11.8 Å². The van der Waals surface area contributed by atoms with Gasteiger partial charge in [0.2, 0.25) is 0 Å². The number of hydrogen-bond donors (Lipinski definition) is 1. The molecule has 1 aromatic carbocycles. The Morgan fingerprint density at radius 3 is 2.60 bits per heavy atom.